The molecule has 0 unspecified atom stereocenters. The third kappa shape index (κ3) is 3.57. The smallest absolute Gasteiger partial charge is 0.341 e. The van der Waals surface area contributed by atoms with Gasteiger partial charge in [0.1, 0.15) is 17.0 Å². The van der Waals surface area contributed by atoms with Crippen molar-refractivity contribution in [2.24, 2.45) is 0 Å². The normalized spacial score (nSPS) is 11.8. The molecule has 1 amide bonds. The molecule has 26 heavy (non-hydrogen) atoms. The fourth-order valence-electron chi connectivity index (χ4n) is 2.44. The Kier molecular flexibility index (Phi) is 4.99. The summed E-state index contributed by atoms with van der Waals surface area (Å²) in [6, 6.07) is 10.8. The molecule has 3 aromatic rings. The van der Waals surface area contributed by atoms with Crippen molar-refractivity contribution < 1.29 is 19.2 Å². The van der Waals surface area contributed by atoms with Crippen molar-refractivity contribution in [3.63, 3.8) is 0 Å². The molecule has 2 heterocycles. The van der Waals surface area contributed by atoms with Crippen LogP contribution in [0, 0.1) is 0 Å². The van der Waals surface area contributed by atoms with Gasteiger partial charge in [0.15, 0.2) is 5.76 Å². The predicted octanol–water partition coefficient (Wildman–Crippen LogP) is 3.58. The zero-order chi connectivity index (χ0) is 18.7. The van der Waals surface area contributed by atoms with Gasteiger partial charge in [0.2, 0.25) is 0 Å². The number of carbonyl (C=O) groups excluding carboxylic acids is 1. The molecule has 1 atom stereocenters. The van der Waals surface area contributed by atoms with E-state index < -0.39 is 17.9 Å². The summed E-state index contributed by atoms with van der Waals surface area (Å²) in [6.45, 7) is 1.61. The van der Waals surface area contributed by atoms with E-state index in [1.54, 1.807) is 49.4 Å². The fraction of sp³-hybridized carbons (Fsp3) is 0.111. The lowest BCUT2D eigenvalue weighted by atomic mass is 10.0. The lowest BCUT2D eigenvalue weighted by molar-refractivity contribution is 0.0692. The van der Waals surface area contributed by atoms with Gasteiger partial charge in [0.05, 0.1) is 6.04 Å². The molecule has 2 N–H and O–H groups in total. The number of hydrogen-bond donors (Lipinski definition) is 2. The van der Waals surface area contributed by atoms with Gasteiger partial charge in [-0.25, -0.2) is 4.79 Å². The number of benzene rings is 1. The number of nitrogens with zero attached hydrogens (tertiary/aromatic N) is 2. The topological polar surface area (TPSA) is 105 Å². The molecule has 8 heteroatoms. The number of halogens is 1. The van der Waals surface area contributed by atoms with Crippen molar-refractivity contribution in [3.05, 3.63) is 70.7 Å². The Labute approximate surface area is 153 Å². The minimum absolute atomic E-state index is 0.0479. The summed E-state index contributed by atoms with van der Waals surface area (Å²) in [5, 5.41) is 16.7. The first-order valence-corrected chi connectivity index (χ1v) is 8.06. The van der Waals surface area contributed by atoms with Crippen LogP contribution in [0.25, 0.3) is 11.3 Å². The molecule has 2 aromatic heterocycles. The Bertz CT molecular complexity index is 939. The van der Waals surface area contributed by atoms with E-state index in [0.29, 0.717) is 10.6 Å². The maximum absolute atomic E-state index is 12.2. The van der Waals surface area contributed by atoms with Crippen LogP contribution in [0.4, 0.5) is 0 Å². The molecule has 0 aliphatic heterocycles. The molecule has 0 spiro atoms. The van der Waals surface area contributed by atoms with Gasteiger partial charge in [0.25, 0.3) is 5.91 Å². The van der Waals surface area contributed by atoms with E-state index in [1.165, 1.54) is 6.20 Å². The van der Waals surface area contributed by atoms with Gasteiger partial charge in [-0.2, -0.15) is 0 Å². The van der Waals surface area contributed by atoms with E-state index in [1.807, 2.05) is 0 Å². The first-order valence-electron chi connectivity index (χ1n) is 7.68. The maximum Gasteiger partial charge on any atom is 0.341 e. The van der Waals surface area contributed by atoms with Crippen LogP contribution in [0.2, 0.25) is 5.02 Å². The summed E-state index contributed by atoms with van der Waals surface area (Å²) >= 11 is 5.86. The average Bonchev–Trinajstić information content (AvgIpc) is 3.08. The highest BCUT2D eigenvalue weighted by Gasteiger charge is 2.28. The van der Waals surface area contributed by atoms with Gasteiger partial charge in [-0.15, -0.1) is 0 Å². The lowest BCUT2D eigenvalue weighted by Crippen LogP contribution is -2.28. The molecule has 1 aromatic carbocycles. The van der Waals surface area contributed by atoms with E-state index in [2.05, 4.69) is 15.5 Å². The standard InChI is InChI=1S/C18H14ClN3O4/c1-10(21-17(23)13-4-2-3-9-20-13)16-14(18(24)25)15(22-26-16)11-5-7-12(19)8-6-11/h2-10H,1H3,(H,21,23)(H,24,25)/t10-/m1/s1. The van der Waals surface area contributed by atoms with E-state index in [-0.39, 0.29) is 22.7 Å². The summed E-state index contributed by atoms with van der Waals surface area (Å²) < 4.78 is 5.24. The number of aromatic carboxylic acids is 1. The van der Waals surface area contributed by atoms with Gasteiger partial charge in [-0.1, -0.05) is 35.0 Å². The first-order chi connectivity index (χ1) is 12.5. The van der Waals surface area contributed by atoms with Crippen LogP contribution in [0.15, 0.2) is 53.2 Å². The predicted molar refractivity (Wildman–Crippen MR) is 94.0 cm³/mol. The van der Waals surface area contributed by atoms with Crippen LogP contribution < -0.4 is 5.32 Å². The van der Waals surface area contributed by atoms with Crippen molar-refractivity contribution in [3.8, 4) is 11.3 Å². The Morgan fingerprint density at radius 1 is 1.19 bits per heavy atom. The number of amides is 1. The monoisotopic (exact) mass is 371 g/mol. The number of rotatable bonds is 5. The maximum atomic E-state index is 12.2. The van der Waals surface area contributed by atoms with Gasteiger partial charge in [-0.3, -0.25) is 9.78 Å². The highest BCUT2D eigenvalue weighted by molar-refractivity contribution is 6.30. The molecule has 7 nitrogen and oxygen atoms in total. The van der Waals surface area contributed by atoms with E-state index >= 15 is 0 Å². The molecule has 0 radical (unpaired) electrons. The molecule has 0 fully saturated rings. The van der Waals surface area contributed by atoms with Gasteiger partial charge >= 0.3 is 5.97 Å². The summed E-state index contributed by atoms with van der Waals surface area (Å²) in [6.07, 6.45) is 1.50. The molecule has 0 aliphatic rings. The first kappa shape index (κ1) is 17.6. The number of pyridine rings is 1. The third-order valence-electron chi connectivity index (χ3n) is 3.69. The molecular weight excluding hydrogens is 358 g/mol. The molecule has 0 saturated carbocycles. The minimum atomic E-state index is -1.20. The fourth-order valence-corrected chi connectivity index (χ4v) is 2.57. The second-order valence-corrected chi connectivity index (χ2v) is 5.93. The molecule has 0 aliphatic carbocycles. The number of nitrogens with one attached hydrogen (secondary N) is 1. The quantitative estimate of drug-likeness (QED) is 0.710. The Balaban J connectivity index is 1.91. The zero-order valence-electron chi connectivity index (χ0n) is 13.6. The largest absolute Gasteiger partial charge is 0.477 e. The van der Waals surface area contributed by atoms with Gasteiger partial charge < -0.3 is 14.9 Å². The number of hydrogen-bond acceptors (Lipinski definition) is 5. The number of carboxylic acids is 1. The van der Waals surface area contributed by atoms with Crippen LogP contribution in [0.5, 0.6) is 0 Å². The Morgan fingerprint density at radius 2 is 1.92 bits per heavy atom. The van der Waals surface area contributed by atoms with Crippen molar-refractivity contribution in [1.29, 1.82) is 0 Å². The number of carboxylic acid groups (broad SMARTS) is 1. The minimum Gasteiger partial charge on any atom is -0.477 e. The zero-order valence-corrected chi connectivity index (χ0v) is 14.4. The molecule has 0 bridgehead atoms. The van der Waals surface area contributed by atoms with E-state index in [9.17, 15) is 14.7 Å². The van der Waals surface area contributed by atoms with Crippen LogP contribution in [-0.2, 0) is 0 Å². The summed E-state index contributed by atoms with van der Waals surface area (Å²) in [5.41, 5.74) is 0.822. The summed E-state index contributed by atoms with van der Waals surface area (Å²) in [4.78, 5) is 27.9. The van der Waals surface area contributed by atoms with Crippen LogP contribution in [-0.4, -0.2) is 27.1 Å². The second kappa shape index (κ2) is 7.37. The molecule has 3 rings (SSSR count). The van der Waals surface area contributed by atoms with Crippen LogP contribution in [0.1, 0.15) is 39.6 Å². The molecule has 0 saturated heterocycles. The van der Waals surface area contributed by atoms with E-state index in [0.717, 1.165) is 0 Å². The SMILES string of the molecule is C[C@@H](NC(=O)c1ccccn1)c1onc(-c2ccc(Cl)cc2)c1C(=O)O. The lowest BCUT2D eigenvalue weighted by Gasteiger charge is -2.11. The Morgan fingerprint density at radius 3 is 2.54 bits per heavy atom. The third-order valence-corrected chi connectivity index (χ3v) is 3.94. The van der Waals surface area contributed by atoms with Crippen LogP contribution in [0.3, 0.4) is 0 Å². The van der Waals surface area contributed by atoms with Gasteiger partial charge in [-0.05, 0) is 31.2 Å². The summed E-state index contributed by atoms with van der Waals surface area (Å²) in [7, 11) is 0. The summed E-state index contributed by atoms with van der Waals surface area (Å²) in [5.74, 6) is -1.60. The van der Waals surface area contributed by atoms with Crippen molar-refractivity contribution in [2.45, 2.75) is 13.0 Å². The highest BCUT2D eigenvalue weighted by atomic mass is 35.5. The van der Waals surface area contributed by atoms with Crippen molar-refractivity contribution in [2.75, 3.05) is 0 Å². The van der Waals surface area contributed by atoms with Crippen LogP contribution >= 0.6 is 11.6 Å². The highest BCUT2D eigenvalue weighted by Crippen LogP contribution is 2.30. The van der Waals surface area contributed by atoms with Gasteiger partial charge in [0, 0.05) is 16.8 Å². The molecular formula is C18H14ClN3O4. The van der Waals surface area contributed by atoms with E-state index in [4.69, 9.17) is 16.1 Å². The molecule has 132 valence electrons. The number of aromatic nitrogens is 2. The number of carbonyl (C=O) groups is 2. The average molecular weight is 372 g/mol. The second-order valence-electron chi connectivity index (χ2n) is 5.49. The van der Waals surface area contributed by atoms with Crippen molar-refractivity contribution >= 4 is 23.5 Å². The van der Waals surface area contributed by atoms with Crippen molar-refractivity contribution in [1.82, 2.24) is 15.5 Å². The Hall–Kier alpha value is -3.19.